The standard InChI is InChI=1S/C16H18BrN3O4S/c1-16-7-6-14(22)20(16)12(9-25-16)15(23)19-18-13(21)8-24-11-4-2-10(17)3-5-11/h2-5,12H,6-9H2,1H3,(H,18,21)(H,19,23)/t12-,16-/m0/s1. The van der Waals surface area contributed by atoms with Crippen molar-refractivity contribution in [2.24, 2.45) is 0 Å². The number of ether oxygens (including phenoxy) is 1. The number of nitrogens with zero attached hydrogens (tertiary/aromatic N) is 1. The van der Waals surface area contributed by atoms with Crippen LogP contribution in [0, 0.1) is 0 Å². The molecule has 3 rings (SSSR count). The molecule has 1 aromatic carbocycles. The maximum absolute atomic E-state index is 12.3. The lowest BCUT2D eigenvalue weighted by Gasteiger charge is -2.29. The van der Waals surface area contributed by atoms with E-state index in [2.05, 4.69) is 26.8 Å². The quantitative estimate of drug-likeness (QED) is 0.709. The van der Waals surface area contributed by atoms with Crippen molar-refractivity contribution in [3.05, 3.63) is 28.7 Å². The Hall–Kier alpha value is -1.74. The third-order valence-corrected chi connectivity index (χ3v) is 6.29. The van der Waals surface area contributed by atoms with Crippen molar-refractivity contribution in [3.63, 3.8) is 0 Å². The number of hydrogen-bond acceptors (Lipinski definition) is 5. The Morgan fingerprint density at radius 1 is 1.36 bits per heavy atom. The van der Waals surface area contributed by atoms with Crippen molar-refractivity contribution in [2.75, 3.05) is 12.4 Å². The van der Waals surface area contributed by atoms with Crippen LogP contribution in [0.5, 0.6) is 5.75 Å². The molecule has 2 saturated heterocycles. The number of benzene rings is 1. The van der Waals surface area contributed by atoms with Crippen molar-refractivity contribution in [2.45, 2.75) is 30.7 Å². The van der Waals surface area contributed by atoms with Crippen LogP contribution in [0.25, 0.3) is 0 Å². The van der Waals surface area contributed by atoms with Gasteiger partial charge < -0.3 is 9.64 Å². The fourth-order valence-electron chi connectivity index (χ4n) is 2.95. The number of nitrogens with one attached hydrogen (secondary N) is 2. The summed E-state index contributed by atoms with van der Waals surface area (Å²) in [5, 5.41) is 0. The lowest BCUT2D eigenvalue weighted by Crippen LogP contribution is -2.54. The van der Waals surface area contributed by atoms with Crippen molar-refractivity contribution in [3.8, 4) is 5.75 Å². The molecular formula is C16H18BrN3O4S. The number of rotatable bonds is 4. The van der Waals surface area contributed by atoms with E-state index in [9.17, 15) is 14.4 Å². The van der Waals surface area contributed by atoms with Crippen LogP contribution in [0.4, 0.5) is 0 Å². The highest BCUT2D eigenvalue weighted by Gasteiger charge is 2.52. The second-order valence-corrected chi connectivity index (χ2v) is 8.46. The Labute approximate surface area is 157 Å². The van der Waals surface area contributed by atoms with Gasteiger partial charge >= 0.3 is 0 Å². The summed E-state index contributed by atoms with van der Waals surface area (Å²) in [6, 6.07) is 6.50. The summed E-state index contributed by atoms with van der Waals surface area (Å²) in [5.74, 6) is 0.202. The molecule has 7 nitrogen and oxygen atoms in total. The first kappa shape index (κ1) is 18.1. The molecule has 2 atom stereocenters. The molecule has 25 heavy (non-hydrogen) atoms. The minimum Gasteiger partial charge on any atom is -0.484 e. The Balaban J connectivity index is 1.46. The van der Waals surface area contributed by atoms with Crippen LogP contribution in [0.1, 0.15) is 19.8 Å². The van der Waals surface area contributed by atoms with Gasteiger partial charge in [-0.15, -0.1) is 11.8 Å². The fourth-order valence-corrected chi connectivity index (χ4v) is 4.64. The molecule has 2 fully saturated rings. The minimum atomic E-state index is -0.558. The number of carbonyl (C=O) groups excluding carboxylic acids is 3. The van der Waals surface area contributed by atoms with Gasteiger partial charge in [0.15, 0.2) is 6.61 Å². The predicted octanol–water partition coefficient (Wildman–Crippen LogP) is 1.43. The molecule has 2 heterocycles. The van der Waals surface area contributed by atoms with E-state index < -0.39 is 11.9 Å². The second-order valence-electron chi connectivity index (χ2n) is 6.05. The molecule has 2 aliphatic rings. The SMILES string of the molecule is C[C@]12CCC(=O)N1[C@H](C(=O)NNC(=O)COc1ccc(Br)cc1)CS2. The Morgan fingerprint density at radius 2 is 2.08 bits per heavy atom. The average Bonchev–Trinajstić information content (AvgIpc) is 3.08. The topological polar surface area (TPSA) is 87.7 Å². The van der Waals surface area contributed by atoms with E-state index >= 15 is 0 Å². The molecule has 0 spiro atoms. The van der Waals surface area contributed by atoms with E-state index in [1.165, 1.54) is 0 Å². The second kappa shape index (κ2) is 7.25. The summed E-state index contributed by atoms with van der Waals surface area (Å²) in [7, 11) is 0. The average molecular weight is 428 g/mol. The summed E-state index contributed by atoms with van der Waals surface area (Å²) < 4.78 is 6.24. The number of fused-ring (bicyclic) bond motifs is 1. The van der Waals surface area contributed by atoms with Gasteiger partial charge in [0.25, 0.3) is 11.8 Å². The zero-order chi connectivity index (χ0) is 18.0. The molecule has 0 aromatic heterocycles. The van der Waals surface area contributed by atoms with Crippen LogP contribution >= 0.6 is 27.7 Å². The van der Waals surface area contributed by atoms with Crippen molar-refractivity contribution in [1.29, 1.82) is 0 Å². The Morgan fingerprint density at radius 3 is 2.80 bits per heavy atom. The highest BCUT2D eigenvalue weighted by atomic mass is 79.9. The third kappa shape index (κ3) is 3.92. The van der Waals surface area contributed by atoms with E-state index in [0.717, 1.165) is 10.9 Å². The van der Waals surface area contributed by atoms with Crippen LogP contribution < -0.4 is 15.6 Å². The molecule has 0 unspecified atom stereocenters. The normalized spacial score (nSPS) is 24.8. The van der Waals surface area contributed by atoms with Gasteiger partial charge in [0.05, 0.1) is 4.87 Å². The molecule has 1 aromatic rings. The van der Waals surface area contributed by atoms with E-state index in [1.807, 2.05) is 6.92 Å². The molecule has 134 valence electrons. The summed E-state index contributed by atoms with van der Waals surface area (Å²) in [6.07, 6.45) is 1.20. The molecule has 0 aliphatic carbocycles. The van der Waals surface area contributed by atoms with Crippen LogP contribution in [0.15, 0.2) is 28.7 Å². The van der Waals surface area contributed by atoms with Crippen LogP contribution in [-0.4, -0.2) is 45.9 Å². The molecule has 3 amide bonds. The van der Waals surface area contributed by atoms with Gasteiger partial charge in [-0.1, -0.05) is 15.9 Å². The van der Waals surface area contributed by atoms with Gasteiger partial charge in [-0.25, -0.2) is 0 Å². The van der Waals surface area contributed by atoms with E-state index in [4.69, 9.17) is 4.74 Å². The first-order valence-electron chi connectivity index (χ1n) is 7.82. The number of carbonyl (C=O) groups is 3. The van der Waals surface area contributed by atoms with Crippen LogP contribution in [0.2, 0.25) is 0 Å². The molecule has 9 heteroatoms. The smallest absolute Gasteiger partial charge is 0.276 e. The fraction of sp³-hybridized carbons (Fsp3) is 0.438. The number of hydrazine groups is 1. The molecule has 0 bridgehead atoms. The van der Waals surface area contributed by atoms with Gasteiger partial charge in [-0.3, -0.25) is 25.2 Å². The van der Waals surface area contributed by atoms with Gasteiger partial charge in [-0.05, 0) is 37.6 Å². The first-order valence-corrected chi connectivity index (χ1v) is 9.60. The number of hydrogen-bond donors (Lipinski definition) is 2. The van der Waals surface area contributed by atoms with Gasteiger partial charge in [0.1, 0.15) is 11.8 Å². The highest BCUT2D eigenvalue weighted by molar-refractivity contribution is 9.10. The lowest BCUT2D eigenvalue weighted by atomic mass is 10.2. The van der Waals surface area contributed by atoms with Gasteiger partial charge in [0, 0.05) is 16.6 Å². The third-order valence-electron chi connectivity index (χ3n) is 4.26. The molecule has 0 radical (unpaired) electrons. The largest absolute Gasteiger partial charge is 0.484 e. The van der Waals surface area contributed by atoms with Crippen molar-refractivity contribution >= 4 is 45.4 Å². The van der Waals surface area contributed by atoms with Crippen LogP contribution in [0.3, 0.4) is 0 Å². The lowest BCUT2D eigenvalue weighted by molar-refractivity contribution is -0.139. The Bertz CT molecular complexity index is 699. The summed E-state index contributed by atoms with van der Waals surface area (Å²) in [4.78, 5) is 37.5. The summed E-state index contributed by atoms with van der Waals surface area (Å²) in [6.45, 7) is 1.75. The monoisotopic (exact) mass is 427 g/mol. The predicted molar refractivity (Wildman–Crippen MR) is 96.7 cm³/mol. The first-order chi connectivity index (χ1) is 11.9. The zero-order valence-corrected chi connectivity index (χ0v) is 16.0. The summed E-state index contributed by atoms with van der Waals surface area (Å²) >= 11 is 4.92. The molecule has 0 saturated carbocycles. The van der Waals surface area contributed by atoms with Crippen molar-refractivity contribution < 1.29 is 19.1 Å². The summed E-state index contributed by atoms with van der Waals surface area (Å²) in [5.41, 5.74) is 4.72. The maximum Gasteiger partial charge on any atom is 0.276 e. The highest BCUT2D eigenvalue weighted by Crippen LogP contribution is 2.47. The van der Waals surface area contributed by atoms with Crippen molar-refractivity contribution in [1.82, 2.24) is 15.8 Å². The molecular weight excluding hydrogens is 410 g/mol. The van der Waals surface area contributed by atoms with E-state index in [-0.39, 0.29) is 23.3 Å². The molecule has 2 aliphatic heterocycles. The minimum absolute atomic E-state index is 0.0162. The zero-order valence-electron chi connectivity index (χ0n) is 13.6. The van der Waals surface area contributed by atoms with E-state index in [0.29, 0.717) is 17.9 Å². The van der Waals surface area contributed by atoms with E-state index in [1.54, 1.807) is 40.9 Å². The number of halogens is 1. The Kier molecular flexibility index (Phi) is 5.24. The number of amides is 3. The van der Waals surface area contributed by atoms with Crippen LogP contribution in [-0.2, 0) is 14.4 Å². The van der Waals surface area contributed by atoms with Gasteiger partial charge in [-0.2, -0.15) is 0 Å². The maximum atomic E-state index is 12.3. The number of thioether (sulfide) groups is 1. The van der Waals surface area contributed by atoms with Gasteiger partial charge in [0.2, 0.25) is 5.91 Å². The molecule has 2 N–H and O–H groups in total.